The van der Waals surface area contributed by atoms with E-state index in [1.807, 2.05) is 0 Å². The zero-order chi connectivity index (χ0) is 14.0. The van der Waals surface area contributed by atoms with Gasteiger partial charge in [-0.25, -0.2) is 14.2 Å². The summed E-state index contributed by atoms with van der Waals surface area (Å²) in [5, 5.41) is 9.46. The maximum absolute atomic E-state index is 13.8. The molecule has 1 aliphatic carbocycles. The molecule has 104 valence electrons. The number of rotatable bonds is 3. The predicted octanol–water partition coefficient (Wildman–Crippen LogP) is 0.690. The number of aliphatic imine (C=N–C) groups is 1. The van der Waals surface area contributed by atoms with Gasteiger partial charge in [-0.2, -0.15) is 4.98 Å². The summed E-state index contributed by atoms with van der Waals surface area (Å²) in [5.74, 6) is -0.854. The Balaban J connectivity index is 2.29. The van der Waals surface area contributed by atoms with Crippen LogP contribution in [-0.2, 0) is 0 Å². The zero-order valence-electron chi connectivity index (χ0n) is 11.0. The number of aromatic nitrogens is 2. The van der Waals surface area contributed by atoms with E-state index < -0.39 is 17.6 Å². The highest BCUT2D eigenvalue weighted by Gasteiger charge is 2.25. The molecule has 0 amide bonds. The summed E-state index contributed by atoms with van der Waals surface area (Å²) in [7, 11) is 3.48. The lowest BCUT2D eigenvalue weighted by molar-refractivity contribution is 0.177. The molecule has 0 saturated heterocycles. The molecule has 1 aromatic heterocycles. The average Bonchev–Trinajstić information content (AvgIpc) is 2.76. The van der Waals surface area contributed by atoms with Crippen LogP contribution < -0.4 is 5.69 Å². The van der Waals surface area contributed by atoms with E-state index in [0.29, 0.717) is 19.3 Å². The number of hydrogen-bond donors (Lipinski definition) is 1. The van der Waals surface area contributed by atoms with Crippen molar-refractivity contribution in [3.8, 4) is 0 Å². The molecule has 0 spiro atoms. The second kappa shape index (κ2) is 5.48. The van der Waals surface area contributed by atoms with Crippen molar-refractivity contribution in [2.75, 3.05) is 14.1 Å². The minimum Gasteiger partial charge on any atom is -0.393 e. The van der Waals surface area contributed by atoms with Crippen LogP contribution in [0, 0.1) is 5.82 Å². The first-order valence-corrected chi connectivity index (χ1v) is 6.14. The topological polar surface area (TPSA) is 70.7 Å². The lowest BCUT2D eigenvalue weighted by atomic mass is 10.2. The number of aliphatic hydroxyl groups is 1. The third kappa shape index (κ3) is 3.17. The van der Waals surface area contributed by atoms with Gasteiger partial charge in [0, 0.05) is 26.3 Å². The fraction of sp³-hybridized carbons (Fsp3) is 0.583. The number of aliphatic hydroxyl groups excluding tert-OH is 1. The molecule has 1 N–H and O–H groups in total. The first-order chi connectivity index (χ1) is 8.97. The Morgan fingerprint density at radius 3 is 2.89 bits per heavy atom. The van der Waals surface area contributed by atoms with Crippen LogP contribution in [0.5, 0.6) is 0 Å². The van der Waals surface area contributed by atoms with Crippen LogP contribution in [0.1, 0.15) is 25.3 Å². The number of halogens is 1. The van der Waals surface area contributed by atoms with Gasteiger partial charge in [0.1, 0.15) is 0 Å². The first kappa shape index (κ1) is 13.7. The van der Waals surface area contributed by atoms with Crippen molar-refractivity contribution >= 4 is 12.2 Å². The summed E-state index contributed by atoms with van der Waals surface area (Å²) in [6.45, 7) is 0. The quantitative estimate of drug-likeness (QED) is 0.647. The molecule has 2 atom stereocenters. The lowest BCUT2D eigenvalue weighted by Crippen LogP contribution is -2.26. The van der Waals surface area contributed by atoms with Crippen LogP contribution in [0.2, 0.25) is 0 Å². The van der Waals surface area contributed by atoms with Gasteiger partial charge in [0.2, 0.25) is 0 Å². The highest BCUT2D eigenvalue weighted by molar-refractivity contribution is 5.58. The Morgan fingerprint density at radius 2 is 2.32 bits per heavy atom. The van der Waals surface area contributed by atoms with Crippen molar-refractivity contribution in [2.24, 2.45) is 4.99 Å². The van der Waals surface area contributed by atoms with Gasteiger partial charge in [0.15, 0.2) is 11.6 Å². The Labute approximate surface area is 110 Å². The summed E-state index contributed by atoms with van der Waals surface area (Å²) < 4.78 is 15.1. The van der Waals surface area contributed by atoms with Crippen LogP contribution in [0.25, 0.3) is 0 Å². The van der Waals surface area contributed by atoms with Crippen molar-refractivity contribution in [3.63, 3.8) is 0 Å². The van der Waals surface area contributed by atoms with Crippen LogP contribution in [-0.4, -0.2) is 46.1 Å². The molecule has 2 unspecified atom stereocenters. The van der Waals surface area contributed by atoms with Gasteiger partial charge in [-0.3, -0.25) is 4.57 Å². The van der Waals surface area contributed by atoms with E-state index in [-0.39, 0.29) is 11.9 Å². The van der Waals surface area contributed by atoms with E-state index in [2.05, 4.69) is 9.98 Å². The minimum atomic E-state index is -0.640. The first-order valence-electron chi connectivity index (χ1n) is 6.14. The monoisotopic (exact) mass is 268 g/mol. The van der Waals surface area contributed by atoms with E-state index >= 15 is 0 Å². The SMILES string of the molecule is CN(C)/C=N\c1nc(=O)n(C2CCC(O)C2)cc1F. The summed E-state index contributed by atoms with van der Waals surface area (Å²) in [6.07, 6.45) is 3.82. The normalized spacial score (nSPS) is 23.2. The van der Waals surface area contributed by atoms with Gasteiger partial charge < -0.3 is 10.0 Å². The molecule has 19 heavy (non-hydrogen) atoms. The second-order valence-electron chi connectivity index (χ2n) is 4.93. The largest absolute Gasteiger partial charge is 0.393 e. The summed E-state index contributed by atoms with van der Waals surface area (Å²) in [4.78, 5) is 20.9. The average molecular weight is 268 g/mol. The van der Waals surface area contributed by atoms with Gasteiger partial charge in [-0.15, -0.1) is 0 Å². The highest BCUT2D eigenvalue weighted by atomic mass is 19.1. The summed E-state index contributed by atoms with van der Waals surface area (Å²) >= 11 is 0. The molecule has 0 bridgehead atoms. The molecule has 0 aliphatic heterocycles. The third-order valence-electron chi connectivity index (χ3n) is 3.07. The zero-order valence-corrected chi connectivity index (χ0v) is 11.0. The highest BCUT2D eigenvalue weighted by Crippen LogP contribution is 2.29. The predicted molar refractivity (Wildman–Crippen MR) is 69.2 cm³/mol. The fourth-order valence-electron chi connectivity index (χ4n) is 2.15. The van der Waals surface area contributed by atoms with Gasteiger partial charge in [-0.05, 0) is 19.3 Å². The van der Waals surface area contributed by atoms with Crippen LogP contribution in [0.4, 0.5) is 10.2 Å². The van der Waals surface area contributed by atoms with E-state index in [1.54, 1.807) is 19.0 Å². The molecule has 1 aromatic rings. The van der Waals surface area contributed by atoms with E-state index in [1.165, 1.54) is 10.9 Å². The smallest absolute Gasteiger partial charge is 0.350 e. The summed E-state index contributed by atoms with van der Waals surface area (Å²) in [5.41, 5.74) is -0.536. The van der Waals surface area contributed by atoms with E-state index in [0.717, 1.165) is 6.20 Å². The molecule has 0 radical (unpaired) electrons. The van der Waals surface area contributed by atoms with Gasteiger partial charge in [0.05, 0.1) is 12.4 Å². The Hall–Kier alpha value is -1.76. The molecule has 1 fully saturated rings. The fourth-order valence-corrected chi connectivity index (χ4v) is 2.15. The van der Waals surface area contributed by atoms with Crippen molar-refractivity contribution in [3.05, 3.63) is 22.5 Å². The molecule has 0 aromatic carbocycles. The van der Waals surface area contributed by atoms with Crippen LogP contribution >= 0.6 is 0 Å². The molecular formula is C12H17FN4O2. The Bertz CT molecular complexity index is 541. The Kier molecular flexibility index (Phi) is 3.94. The maximum atomic E-state index is 13.8. The lowest BCUT2D eigenvalue weighted by Gasteiger charge is -2.13. The van der Waals surface area contributed by atoms with Gasteiger partial charge in [-0.1, -0.05) is 0 Å². The molecule has 2 rings (SSSR count). The maximum Gasteiger partial charge on any atom is 0.350 e. The van der Waals surface area contributed by atoms with Gasteiger partial charge >= 0.3 is 5.69 Å². The molecule has 1 heterocycles. The van der Waals surface area contributed by atoms with Crippen molar-refractivity contribution < 1.29 is 9.50 Å². The van der Waals surface area contributed by atoms with Crippen molar-refractivity contribution in [2.45, 2.75) is 31.4 Å². The van der Waals surface area contributed by atoms with E-state index in [9.17, 15) is 14.3 Å². The Morgan fingerprint density at radius 1 is 1.58 bits per heavy atom. The molecular weight excluding hydrogens is 251 g/mol. The van der Waals surface area contributed by atoms with E-state index in [4.69, 9.17) is 0 Å². The molecule has 7 heteroatoms. The second-order valence-corrected chi connectivity index (χ2v) is 4.93. The molecule has 1 saturated carbocycles. The van der Waals surface area contributed by atoms with Crippen molar-refractivity contribution in [1.82, 2.24) is 14.5 Å². The number of hydrogen-bond acceptors (Lipinski definition) is 4. The van der Waals surface area contributed by atoms with Gasteiger partial charge in [0.25, 0.3) is 0 Å². The summed E-state index contributed by atoms with van der Waals surface area (Å²) in [6, 6.07) is -0.184. The third-order valence-corrected chi connectivity index (χ3v) is 3.07. The molecule has 1 aliphatic rings. The standard InChI is InChI=1S/C12H17FN4O2/c1-16(2)7-14-11-10(13)6-17(12(19)15-11)8-3-4-9(18)5-8/h6-9,18H,3-5H2,1-2H3/b14-7-. The van der Waals surface area contributed by atoms with Crippen molar-refractivity contribution in [1.29, 1.82) is 0 Å². The van der Waals surface area contributed by atoms with Crippen LogP contribution in [0.15, 0.2) is 16.0 Å². The van der Waals surface area contributed by atoms with Crippen LogP contribution in [0.3, 0.4) is 0 Å². The minimum absolute atomic E-state index is 0.184. The molecule has 6 nitrogen and oxygen atoms in total. The number of nitrogens with zero attached hydrogens (tertiary/aromatic N) is 4.